The van der Waals surface area contributed by atoms with E-state index in [1.54, 1.807) is 31.2 Å². The Bertz CT molecular complexity index is 1200. The van der Waals surface area contributed by atoms with Gasteiger partial charge in [0.25, 0.3) is 11.8 Å². The number of nitrogens with zero attached hydrogens (tertiary/aromatic N) is 1. The van der Waals surface area contributed by atoms with E-state index in [4.69, 9.17) is 0 Å². The van der Waals surface area contributed by atoms with Crippen molar-refractivity contribution in [3.8, 4) is 0 Å². The highest BCUT2D eigenvalue weighted by Crippen LogP contribution is 2.37. The molecule has 3 atom stereocenters. The van der Waals surface area contributed by atoms with Gasteiger partial charge in [0.15, 0.2) is 0 Å². The molecule has 1 heterocycles. The predicted molar refractivity (Wildman–Crippen MR) is 136 cm³/mol. The molecule has 1 aliphatic carbocycles. The molecule has 198 valence electrons. The number of amides is 3. The molecule has 3 amide bonds. The van der Waals surface area contributed by atoms with E-state index in [1.165, 1.54) is 6.07 Å². The Morgan fingerprint density at radius 3 is 2.14 bits per heavy atom. The molecule has 1 saturated carbocycles. The minimum atomic E-state index is -4.60. The Morgan fingerprint density at radius 1 is 1.00 bits per heavy atom. The summed E-state index contributed by atoms with van der Waals surface area (Å²) >= 11 is 3.01. The summed E-state index contributed by atoms with van der Waals surface area (Å²) in [5.74, 6) is -1.17. The van der Waals surface area contributed by atoms with Gasteiger partial charge in [-0.15, -0.1) is 0 Å². The van der Waals surface area contributed by atoms with E-state index >= 15 is 0 Å². The molecule has 2 aliphatic rings. The van der Waals surface area contributed by atoms with Gasteiger partial charge in [-0.05, 0) is 82.3 Å². The first-order valence-electron chi connectivity index (χ1n) is 12.2. The predicted octanol–water partition coefficient (Wildman–Crippen LogP) is 5.62. The molecule has 2 aromatic carbocycles. The number of halogens is 4. The Kier molecular flexibility index (Phi) is 7.43. The summed E-state index contributed by atoms with van der Waals surface area (Å²) in [4.78, 5) is 40.6. The maximum absolute atomic E-state index is 13.1. The van der Waals surface area contributed by atoms with Gasteiger partial charge in [0.05, 0.1) is 11.6 Å². The van der Waals surface area contributed by atoms with Gasteiger partial charge in [0.1, 0.15) is 5.54 Å². The number of carbonyl (C=O) groups is 3. The number of nitrogens with one attached hydrogen (secondary N) is 2. The molecule has 2 N–H and O–H groups in total. The van der Waals surface area contributed by atoms with Gasteiger partial charge in [-0.2, -0.15) is 13.2 Å². The number of benzene rings is 2. The summed E-state index contributed by atoms with van der Waals surface area (Å²) in [6.07, 6.45) is -1.86. The number of hydrogen-bond acceptors (Lipinski definition) is 3. The minimum Gasteiger partial charge on any atom is -0.348 e. The van der Waals surface area contributed by atoms with Crippen molar-refractivity contribution in [1.29, 1.82) is 0 Å². The Hall–Kier alpha value is -2.88. The number of rotatable bonds is 6. The molecule has 2 fully saturated rings. The summed E-state index contributed by atoms with van der Waals surface area (Å²) in [7, 11) is 0. The first-order chi connectivity index (χ1) is 17.3. The lowest BCUT2D eigenvalue weighted by molar-refractivity contribution is -0.137. The summed E-state index contributed by atoms with van der Waals surface area (Å²) in [5.41, 5.74) is -0.928. The lowest BCUT2D eigenvalue weighted by atomic mass is 10.0. The third kappa shape index (κ3) is 5.84. The second-order valence-electron chi connectivity index (χ2n) is 10.1. The molecular weight excluding hydrogens is 551 g/mol. The molecule has 1 saturated heterocycles. The first-order valence-corrected chi connectivity index (χ1v) is 13.0. The van der Waals surface area contributed by atoms with Crippen LogP contribution in [0.4, 0.5) is 13.2 Å². The van der Waals surface area contributed by atoms with Crippen LogP contribution in [-0.4, -0.2) is 40.2 Å². The standard InChI is InChI=1S/C27H29BrF3N3O3/c1-15-4-5-16(2)34(15)24(36)19-8-6-18(7-9-19)17(3)32-25(37)26(10-11-26)33-23(35)20-12-21(27(29,30)31)14-22(28)13-20/h6-9,12-17H,4-5,10-11H2,1-3H3,(H,32,37)(H,33,35)/t15?,16?,17-/m1/s1. The van der Waals surface area contributed by atoms with Crippen LogP contribution in [0.15, 0.2) is 46.9 Å². The average Bonchev–Trinajstić information content (AvgIpc) is 3.54. The van der Waals surface area contributed by atoms with Crippen LogP contribution in [0.5, 0.6) is 0 Å². The lowest BCUT2D eigenvalue weighted by Crippen LogP contribution is -2.49. The Morgan fingerprint density at radius 2 is 1.59 bits per heavy atom. The van der Waals surface area contributed by atoms with Crippen LogP contribution in [0.25, 0.3) is 0 Å². The van der Waals surface area contributed by atoms with E-state index in [2.05, 4.69) is 26.6 Å². The molecule has 0 aromatic heterocycles. The highest BCUT2D eigenvalue weighted by Gasteiger charge is 2.51. The highest BCUT2D eigenvalue weighted by atomic mass is 79.9. The summed E-state index contributed by atoms with van der Waals surface area (Å²) in [6.45, 7) is 5.89. The third-order valence-electron chi connectivity index (χ3n) is 7.22. The monoisotopic (exact) mass is 579 g/mol. The van der Waals surface area contributed by atoms with Crippen LogP contribution in [0.3, 0.4) is 0 Å². The van der Waals surface area contributed by atoms with Crippen molar-refractivity contribution in [2.24, 2.45) is 0 Å². The molecule has 1 aliphatic heterocycles. The van der Waals surface area contributed by atoms with Gasteiger partial charge in [-0.1, -0.05) is 28.1 Å². The number of carbonyl (C=O) groups excluding carboxylic acids is 3. The maximum Gasteiger partial charge on any atom is 0.416 e. The van der Waals surface area contributed by atoms with Crippen molar-refractivity contribution in [3.63, 3.8) is 0 Å². The summed E-state index contributed by atoms with van der Waals surface area (Å²) in [5, 5.41) is 5.50. The van der Waals surface area contributed by atoms with E-state index < -0.39 is 35.1 Å². The van der Waals surface area contributed by atoms with E-state index in [9.17, 15) is 27.6 Å². The summed E-state index contributed by atoms with van der Waals surface area (Å²) < 4.78 is 39.5. The van der Waals surface area contributed by atoms with Crippen molar-refractivity contribution in [2.75, 3.05) is 0 Å². The lowest BCUT2D eigenvalue weighted by Gasteiger charge is -2.26. The van der Waals surface area contributed by atoms with E-state index in [0.717, 1.165) is 30.5 Å². The third-order valence-corrected chi connectivity index (χ3v) is 7.67. The fourth-order valence-corrected chi connectivity index (χ4v) is 5.28. The highest BCUT2D eigenvalue weighted by molar-refractivity contribution is 9.10. The molecule has 6 nitrogen and oxygen atoms in total. The van der Waals surface area contributed by atoms with Gasteiger partial charge in [-0.3, -0.25) is 14.4 Å². The Labute approximate surface area is 222 Å². The fourth-order valence-electron chi connectivity index (χ4n) is 4.78. The molecule has 0 spiro atoms. The van der Waals surface area contributed by atoms with E-state index in [1.807, 2.05) is 18.7 Å². The number of alkyl halides is 3. The fraction of sp³-hybridized carbons (Fsp3) is 0.444. The van der Waals surface area contributed by atoms with Gasteiger partial charge in [0, 0.05) is 27.7 Å². The molecule has 10 heteroatoms. The second kappa shape index (κ2) is 10.1. The average molecular weight is 580 g/mol. The number of hydrogen-bond donors (Lipinski definition) is 2. The minimum absolute atomic E-state index is 0.0124. The van der Waals surface area contributed by atoms with Crippen LogP contribution < -0.4 is 10.6 Å². The van der Waals surface area contributed by atoms with Gasteiger partial charge >= 0.3 is 6.18 Å². The van der Waals surface area contributed by atoms with Gasteiger partial charge in [0.2, 0.25) is 5.91 Å². The van der Waals surface area contributed by atoms with Gasteiger partial charge in [-0.25, -0.2) is 0 Å². The molecular formula is C27H29BrF3N3O3. The normalized spacial score (nSPS) is 21.3. The molecule has 37 heavy (non-hydrogen) atoms. The van der Waals surface area contributed by atoms with E-state index in [0.29, 0.717) is 18.4 Å². The van der Waals surface area contributed by atoms with Crippen molar-refractivity contribution < 1.29 is 27.6 Å². The zero-order chi connectivity index (χ0) is 27.1. The first kappa shape index (κ1) is 27.2. The maximum atomic E-state index is 13.1. The largest absolute Gasteiger partial charge is 0.416 e. The van der Waals surface area contributed by atoms with Crippen molar-refractivity contribution >= 4 is 33.7 Å². The van der Waals surface area contributed by atoms with Crippen LogP contribution >= 0.6 is 15.9 Å². The number of likely N-dealkylation sites (tertiary alicyclic amines) is 1. The smallest absolute Gasteiger partial charge is 0.348 e. The quantitative estimate of drug-likeness (QED) is 0.466. The van der Waals surface area contributed by atoms with E-state index in [-0.39, 0.29) is 28.0 Å². The Balaban J connectivity index is 1.40. The summed E-state index contributed by atoms with van der Waals surface area (Å²) in [6, 6.07) is 10.0. The zero-order valence-corrected chi connectivity index (χ0v) is 22.4. The molecule has 0 bridgehead atoms. The molecule has 4 rings (SSSR count). The topological polar surface area (TPSA) is 78.5 Å². The molecule has 0 radical (unpaired) electrons. The van der Waals surface area contributed by atoms with Crippen molar-refractivity contribution in [1.82, 2.24) is 15.5 Å². The van der Waals surface area contributed by atoms with Crippen LogP contribution in [0.1, 0.15) is 84.3 Å². The van der Waals surface area contributed by atoms with Crippen LogP contribution in [-0.2, 0) is 11.0 Å². The SMILES string of the molecule is CC1CCC(C)N1C(=O)c1ccc([C@@H](C)NC(=O)C2(NC(=O)c3cc(Br)cc(C(F)(F)F)c3)CC2)cc1. The van der Waals surface area contributed by atoms with Gasteiger partial charge < -0.3 is 15.5 Å². The van der Waals surface area contributed by atoms with Crippen LogP contribution in [0, 0.1) is 0 Å². The second-order valence-corrected chi connectivity index (χ2v) is 11.0. The zero-order valence-electron chi connectivity index (χ0n) is 20.8. The molecule has 2 aromatic rings. The van der Waals surface area contributed by atoms with Crippen molar-refractivity contribution in [3.05, 3.63) is 69.2 Å². The van der Waals surface area contributed by atoms with Crippen molar-refractivity contribution in [2.45, 2.75) is 76.3 Å². The van der Waals surface area contributed by atoms with Crippen LogP contribution in [0.2, 0.25) is 0 Å². The molecule has 2 unspecified atom stereocenters.